The Morgan fingerprint density at radius 3 is 1.07 bits per heavy atom. The van der Waals surface area contributed by atoms with Gasteiger partial charge in [0.05, 0.1) is 75.2 Å². The van der Waals surface area contributed by atoms with Gasteiger partial charge in [-0.05, 0) is 346 Å². The normalized spacial score (nSPS) is 26.6. The second kappa shape index (κ2) is 35.7. The third-order valence-corrected chi connectivity index (χ3v) is 38.1. The van der Waals surface area contributed by atoms with Crippen LogP contribution in [0.2, 0.25) is 0 Å². The van der Waals surface area contributed by atoms with Crippen molar-refractivity contribution in [2.45, 2.75) is 342 Å². The molecule has 0 saturated heterocycles. The number of aromatic nitrogens is 1. The predicted molar refractivity (Wildman–Crippen MR) is 574 cm³/mol. The SMILES string of the molecule is Cc1cccc(C(C)C)c1N1C(C)c2ccccc2C1(C)C.Cc1cccc2c1N1C(C)c3ccccc3C1(C)C(C)(C)C2(C)C.Cc1ccccc1N1C(C)c2ccccc2C12C1CC3CC(C1)CC2C3.Cc1ccccc1N1C(C)c2ccccc2C12CCCC2.Cc1ccccc1N1C(C)c2ccccc2C12CCCCC2.Cc1ccccc1N1C(C)c2cccnc2C12CCCC2. The fraction of sp³-hybridized carbons (Fsp3) is 0.450. The number of para-hydroxylation sites is 6. The van der Waals surface area contributed by atoms with Gasteiger partial charge in [-0.1, -0.05) is 323 Å². The molecule has 136 heavy (non-hydrogen) atoms. The van der Waals surface area contributed by atoms with E-state index in [9.17, 15) is 0 Å². The molecule has 7 nitrogen and oxygen atoms in total. The van der Waals surface area contributed by atoms with Gasteiger partial charge in [0.1, 0.15) is 0 Å². The highest BCUT2D eigenvalue weighted by molar-refractivity contribution is 5.75. The molecule has 7 unspecified atom stereocenters. The highest BCUT2D eigenvalue weighted by Gasteiger charge is 2.67. The van der Waals surface area contributed by atoms with Crippen LogP contribution in [0.4, 0.5) is 34.1 Å². The second-order valence-corrected chi connectivity index (χ2v) is 46.0. The average Bonchev–Trinajstić information content (AvgIpc) is 1.47. The highest BCUT2D eigenvalue weighted by atomic mass is 15.3. The maximum absolute atomic E-state index is 4.81. The zero-order chi connectivity index (χ0) is 95.1. The minimum atomic E-state index is -0.00831. The monoisotopic (exact) mass is 1800 g/mol. The van der Waals surface area contributed by atoms with Crippen LogP contribution in [-0.2, 0) is 38.6 Å². The van der Waals surface area contributed by atoms with Gasteiger partial charge < -0.3 is 29.4 Å². The molecule has 1 aromatic heterocycles. The van der Waals surface area contributed by atoms with Crippen molar-refractivity contribution in [3.05, 3.63) is 385 Å². The van der Waals surface area contributed by atoms with Crippen molar-refractivity contribution in [1.82, 2.24) is 4.98 Å². The van der Waals surface area contributed by atoms with E-state index in [0.29, 0.717) is 42.2 Å². The van der Waals surface area contributed by atoms with Crippen LogP contribution >= 0.6 is 0 Å². The Bertz CT molecular complexity index is 6250. The van der Waals surface area contributed by atoms with Crippen molar-refractivity contribution in [1.29, 1.82) is 0 Å². The highest BCUT2D eigenvalue weighted by Crippen LogP contribution is 2.71. The molecule has 0 N–H and O–H groups in total. The Morgan fingerprint density at radius 2 is 0.603 bits per heavy atom. The van der Waals surface area contributed by atoms with Gasteiger partial charge in [0, 0.05) is 45.7 Å². The molecule has 8 heterocycles. The van der Waals surface area contributed by atoms with Gasteiger partial charge in [-0.25, -0.2) is 0 Å². The first-order valence-corrected chi connectivity index (χ1v) is 53.0. The lowest BCUT2D eigenvalue weighted by atomic mass is 9.47. The summed E-state index contributed by atoms with van der Waals surface area (Å²) in [5.74, 6) is 4.21. The first-order chi connectivity index (χ1) is 65.4. The van der Waals surface area contributed by atoms with E-state index >= 15 is 0 Å². The lowest BCUT2D eigenvalue weighted by Gasteiger charge is -2.64. The number of aryl methyl sites for hydroxylation is 6. The molecule has 706 valence electrons. The molecule has 4 spiro atoms. The summed E-state index contributed by atoms with van der Waals surface area (Å²) in [6.07, 6.45) is 26.4. The summed E-state index contributed by atoms with van der Waals surface area (Å²) in [5, 5.41) is 0. The minimum Gasteiger partial charge on any atom is -0.355 e. The first kappa shape index (κ1) is 93.0. The fourth-order valence-electron chi connectivity index (χ4n) is 31.3. The van der Waals surface area contributed by atoms with Crippen molar-refractivity contribution >= 4 is 34.1 Å². The number of hydrogen-bond acceptors (Lipinski definition) is 7. The zero-order valence-corrected chi connectivity index (χ0v) is 86.2. The van der Waals surface area contributed by atoms with Gasteiger partial charge in [0.25, 0.3) is 0 Å². The number of benzene rings is 11. The summed E-state index contributed by atoms with van der Waals surface area (Å²) in [6.45, 7) is 49.3. The van der Waals surface area contributed by atoms with Crippen molar-refractivity contribution < 1.29 is 0 Å². The van der Waals surface area contributed by atoms with Gasteiger partial charge in [-0.15, -0.1) is 0 Å². The average molecular weight is 1800 g/mol. The van der Waals surface area contributed by atoms with Crippen LogP contribution in [-0.4, -0.2) is 4.98 Å². The number of anilines is 6. The molecule has 7 aliphatic heterocycles. The zero-order valence-electron chi connectivity index (χ0n) is 86.2. The van der Waals surface area contributed by atoms with Gasteiger partial charge >= 0.3 is 0 Å². The van der Waals surface area contributed by atoms with E-state index in [2.05, 4.69) is 442 Å². The second-order valence-electron chi connectivity index (χ2n) is 46.0. The van der Waals surface area contributed by atoms with Crippen LogP contribution in [0.3, 0.4) is 0 Å². The lowest BCUT2D eigenvalue weighted by molar-refractivity contribution is -0.0602. The van der Waals surface area contributed by atoms with E-state index < -0.39 is 0 Å². The molecule has 11 aromatic carbocycles. The van der Waals surface area contributed by atoms with Gasteiger partial charge in [-0.3, -0.25) is 4.98 Å². The molecule has 0 radical (unpaired) electrons. The molecule has 7 aliphatic carbocycles. The van der Waals surface area contributed by atoms with Crippen LogP contribution < -0.4 is 29.4 Å². The molecule has 4 bridgehead atoms. The Kier molecular flexibility index (Phi) is 24.4. The Balaban J connectivity index is 0.000000101. The number of rotatable bonds is 6. The van der Waals surface area contributed by atoms with Gasteiger partial charge in [-0.2, -0.15) is 0 Å². The maximum atomic E-state index is 4.81. The summed E-state index contributed by atoms with van der Waals surface area (Å²) in [5.41, 5.74) is 39.1. The Hall–Kier alpha value is -10.6. The van der Waals surface area contributed by atoms with Crippen LogP contribution in [0.15, 0.2) is 273 Å². The van der Waals surface area contributed by atoms with E-state index in [4.69, 9.17) is 4.98 Å². The van der Waals surface area contributed by atoms with Gasteiger partial charge in [0.15, 0.2) is 0 Å². The molecule has 7 fully saturated rings. The largest absolute Gasteiger partial charge is 0.355 e. The molecular formula is C129H155N7. The molecule has 26 rings (SSSR count). The smallest absolute Gasteiger partial charge is 0.0833 e. The first-order valence-electron chi connectivity index (χ1n) is 53.0. The summed E-state index contributed by atoms with van der Waals surface area (Å²) < 4.78 is 0. The Morgan fingerprint density at radius 1 is 0.279 bits per heavy atom. The molecule has 12 aromatic rings. The quantitative estimate of drug-likeness (QED) is 0.164. The predicted octanol–water partition coefficient (Wildman–Crippen LogP) is 34.1. The molecule has 7 atom stereocenters. The van der Waals surface area contributed by atoms with Crippen LogP contribution in [0.5, 0.6) is 0 Å². The number of pyridine rings is 1. The van der Waals surface area contributed by atoms with Crippen LogP contribution in [0.1, 0.15) is 373 Å². The molecule has 7 saturated carbocycles. The van der Waals surface area contributed by atoms with Crippen LogP contribution in [0, 0.1) is 70.6 Å². The summed E-state index contributed by atoms with van der Waals surface area (Å²) >= 11 is 0. The molecule has 14 aliphatic rings. The molecule has 7 heteroatoms. The van der Waals surface area contributed by atoms with Crippen molar-refractivity contribution in [3.63, 3.8) is 0 Å². The maximum Gasteiger partial charge on any atom is 0.0833 e. The van der Waals surface area contributed by atoms with Crippen LogP contribution in [0.25, 0.3) is 0 Å². The van der Waals surface area contributed by atoms with E-state index in [1.165, 1.54) is 239 Å². The molecule has 0 amide bonds. The number of nitrogens with zero attached hydrogens (tertiary/aromatic N) is 7. The molecular weight excluding hydrogens is 1650 g/mol. The van der Waals surface area contributed by atoms with E-state index in [0.717, 1.165) is 23.7 Å². The minimum absolute atomic E-state index is 0.00831. The Labute approximate surface area is 818 Å². The fourth-order valence-corrected chi connectivity index (χ4v) is 31.3. The standard InChI is InChI=1S/C25H29N.C23H29N.C21H25N.C21H27N.C20H23N.C19H22N2/c1-16-7-3-6-10-24(16)26-17(2)22-8-4-5-9-23(22)25(26)20-12-18-11-19(14-20)15-21(25)13-18;1-15-11-10-14-19-20(15)24-16(2)17-12-8-9-13-18(17)23(24,7)22(5,6)21(19,3)4;1-16-10-4-7-13-20(16)22-17(2)18-11-5-6-12-19(18)21(22)14-8-3-9-15-21;1-14(2)17-12-9-10-15(3)20(17)22-16(4)18-11-7-8-13-19(18)21(22,5)6;1-15-9-3-6-12-19(15)21-16(2)17-10-4-5-11-18(17)20(21)13-7-8-14-20;1-14-8-3-4-10-17(14)21-15(2)16-9-7-13-20-18(16)19(21)11-5-6-12-19/h3-10,17-21H,11-15H2,1-2H3;8-14,16H,1-7H3;4-7,10-13,17H,3,8-9,14-15H2,1-2H3;7-14,16H,1-6H3;3-6,9-12,16H,7-8,13-14H2,1-2H3;3-4,7-10,13,15H,5-6,11-12H2,1-2H3. The van der Waals surface area contributed by atoms with E-state index in [1.807, 2.05) is 6.20 Å². The van der Waals surface area contributed by atoms with E-state index in [1.54, 1.807) is 22.3 Å². The summed E-state index contributed by atoms with van der Waals surface area (Å²) in [7, 11) is 0. The van der Waals surface area contributed by atoms with Crippen molar-refractivity contribution in [2.75, 3.05) is 29.4 Å². The topological polar surface area (TPSA) is 32.3 Å². The third-order valence-electron chi connectivity index (χ3n) is 38.1. The number of fused-ring (bicyclic) bond motifs is 13. The summed E-state index contributed by atoms with van der Waals surface area (Å²) in [6, 6.07) is 102. The summed E-state index contributed by atoms with van der Waals surface area (Å²) in [4.78, 5) is 21.2. The van der Waals surface area contributed by atoms with Crippen molar-refractivity contribution in [3.8, 4) is 0 Å². The third kappa shape index (κ3) is 14.3. The van der Waals surface area contributed by atoms with E-state index in [-0.39, 0.29) is 44.1 Å². The lowest BCUT2D eigenvalue weighted by Crippen LogP contribution is -2.62. The van der Waals surface area contributed by atoms with Crippen molar-refractivity contribution in [2.24, 2.45) is 29.1 Å². The van der Waals surface area contributed by atoms with Gasteiger partial charge in [0.2, 0.25) is 0 Å². The number of hydrogen-bond donors (Lipinski definition) is 0.